The molecule has 0 aliphatic heterocycles. The molecule has 1 N–H and O–H groups in total. The van der Waals surface area contributed by atoms with Gasteiger partial charge in [-0.1, -0.05) is 76.1 Å². The van der Waals surface area contributed by atoms with Crippen molar-refractivity contribution >= 4 is 17.3 Å². The molecule has 0 saturated heterocycles. The minimum absolute atomic E-state index is 0.00635. The standard InChI is InChI=1S/C20H26O3/c1-2-3-4-5-6-7-8-9-14-17-18(21)15-12-10-11-13-16(15)19(22)20(17)23/h10-13,21H,2-9,14H2,1H3. The van der Waals surface area contributed by atoms with Crippen molar-refractivity contribution in [1.29, 1.82) is 0 Å². The Bertz CT molecular complexity index is 599. The average Bonchev–Trinajstić information content (AvgIpc) is 2.58. The van der Waals surface area contributed by atoms with Gasteiger partial charge in [0.25, 0.3) is 0 Å². The second-order valence-corrected chi connectivity index (χ2v) is 6.26. The summed E-state index contributed by atoms with van der Waals surface area (Å²) in [5.74, 6) is -1.04. The van der Waals surface area contributed by atoms with E-state index in [-0.39, 0.29) is 5.76 Å². The maximum atomic E-state index is 12.2. The van der Waals surface area contributed by atoms with E-state index in [4.69, 9.17) is 0 Å². The van der Waals surface area contributed by atoms with Crippen LogP contribution in [0, 0.1) is 0 Å². The lowest BCUT2D eigenvalue weighted by atomic mass is 9.86. The van der Waals surface area contributed by atoms with Gasteiger partial charge in [0.1, 0.15) is 5.76 Å². The van der Waals surface area contributed by atoms with Gasteiger partial charge in [-0.15, -0.1) is 0 Å². The molecule has 0 radical (unpaired) electrons. The molecule has 23 heavy (non-hydrogen) atoms. The van der Waals surface area contributed by atoms with E-state index in [9.17, 15) is 14.7 Å². The summed E-state index contributed by atoms with van der Waals surface area (Å²) in [7, 11) is 0. The molecule has 1 aromatic carbocycles. The minimum Gasteiger partial charge on any atom is -0.507 e. The van der Waals surface area contributed by atoms with Gasteiger partial charge in [-0.05, 0) is 12.8 Å². The number of Topliss-reactive ketones (excluding diaryl/α,β-unsaturated/α-hetero) is 2. The Morgan fingerprint density at radius 2 is 1.35 bits per heavy atom. The van der Waals surface area contributed by atoms with Gasteiger partial charge < -0.3 is 5.11 Å². The highest BCUT2D eigenvalue weighted by molar-refractivity contribution is 6.52. The molecule has 0 saturated carbocycles. The number of hydrogen-bond acceptors (Lipinski definition) is 3. The third-order valence-corrected chi connectivity index (χ3v) is 4.47. The number of hydrogen-bond donors (Lipinski definition) is 1. The Hall–Kier alpha value is -1.90. The Morgan fingerprint density at radius 1 is 0.783 bits per heavy atom. The Morgan fingerprint density at radius 3 is 2.00 bits per heavy atom. The fourth-order valence-corrected chi connectivity index (χ4v) is 3.08. The zero-order valence-electron chi connectivity index (χ0n) is 13.9. The quantitative estimate of drug-likeness (QED) is 0.500. The summed E-state index contributed by atoms with van der Waals surface area (Å²) in [4.78, 5) is 24.3. The minimum atomic E-state index is -0.538. The molecular weight excluding hydrogens is 288 g/mol. The molecule has 1 aliphatic carbocycles. The van der Waals surface area contributed by atoms with Gasteiger partial charge in [0.2, 0.25) is 11.6 Å². The van der Waals surface area contributed by atoms with Crippen molar-refractivity contribution in [3.63, 3.8) is 0 Å². The van der Waals surface area contributed by atoms with Crippen molar-refractivity contribution in [2.24, 2.45) is 0 Å². The van der Waals surface area contributed by atoms with Crippen LogP contribution in [-0.2, 0) is 4.79 Å². The molecule has 0 amide bonds. The molecule has 1 aromatic rings. The zero-order valence-corrected chi connectivity index (χ0v) is 13.9. The molecule has 0 aromatic heterocycles. The fourth-order valence-electron chi connectivity index (χ4n) is 3.08. The largest absolute Gasteiger partial charge is 0.507 e. The van der Waals surface area contributed by atoms with Crippen LogP contribution in [0.25, 0.3) is 5.76 Å². The Balaban J connectivity index is 1.87. The van der Waals surface area contributed by atoms with Gasteiger partial charge >= 0.3 is 0 Å². The molecule has 3 heteroatoms. The summed E-state index contributed by atoms with van der Waals surface area (Å²) >= 11 is 0. The van der Waals surface area contributed by atoms with Gasteiger partial charge in [0, 0.05) is 16.7 Å². The molecule has 0 spiro atoms. The molecule has 0 unspecified atom stereocenters. The zero-order chi connectivity index (χ0) is 16.7. The highest BCUT2D eigenvalue weighted by atomic mass is 16.3. The van der Waals surface area contributed by atoms with Crippen LogP contribution in [0.4, 0.5) is 0 Å². The van der Waals surface area contributed by atoms with E-state index < -0.39 is 11.6 Å². The summed E-state index contributed by atoms with van der Waals surface area (Å²) in [6, 6.07) is 6.77. The van der Waals surface area contributed by atoms with Gasteiger partial charge in [-0.25, -0.2) is 0 Å². The van der Waals surface area contributed by atoms with Crippen LogP contribution >= 0.6 is 0 Å². The van der Waals surface area contributed by atoms with Gasteiger partial charge in [-0.2, -0.15) is 0 Å². The molecule has 2 rings (SSSR count). The van der Waals surface area contributed by atoms with Gasteiger partial charge in [0.15, 0.2) is 0 Å². The van der Waals surface area contributed by atoms with Crippen molar-refractivity contribution in [1.82, 2.24) is 0 Å². The van der Waals surface area contributed by atoms with Crippen LogP contribution in [0.15, 0.2) is 29.8 Å². The predicted octanol–water partition coefficient (Wildman–Crippen LogP) is 5.25. The Kier molecular flexibility index (Phi) is 6.57. The van der Waals surface area contributed by atoms with E-state index in [0.717, 1.165) is 19.3 Å². The molecule has 3 nitrogen and oxygen atoms in total. The normalized spacial score (nSPS) is 14.3. The number of aliphatic hydroxyl groups excluding tert-OH is 1. The molecule has 0 heterocycles. The summed E-state index contributed by atoms with van der Waals surface area (Å²) in [5, 5.41) is 10.3. The average molecular weight is 314 g/mol. The van der Waals surface area contributed by atoms with Crippen LogP contribution in [0.3, 0.4) is 0 Å². The first-order valence-corrected chi connectivity index (χ1v) is 8.77. The third kappa shape index (κ3) is 4.31. The first-order valence-electron chi connectivity index (χ1n) is 8.77. The molecule has 0 fully saturated rings. The number of benzene rings is 1. The second-order valence-electron chi connectivity index (χ2n) is 6.26. The predicted molar refractivity (Wildman–Crippen MR) is 92.6 cm³/mol. The van der Waals surface area contributed by atoms with Crippen LogP contribution in [0.1, 0.15) is 80.6 Å². The third-order valence-electron chi connectivity index (χ3n) is 4.47. The number of unbranched alkanes of at least 4 members (excludes halogenated alkanes) is 7. The maximum Gasteiger partial charge on any atom is 0.234 e. The van der Waals surface area contributed by atoms with Crippen LogP contribution in [0.5, 0.6) is 0 Å². The molecular formula is C20H26O3. The lowest BCUT2D eigenvalue weighted by Gasteiger charge is -2.17. The van der Waals surface area contributed by atoms with Crippen LogP contribution < -0.4 is 0 Å². The number of rotatable bonds is 9. The summed E-state index contributed by atoms with van der Waals surface area (Å²) in [6.07, 6.45) is 9.86. The first kappa shape index (κ1) is 17.5. The number of ketones is 2. The Labute approximate surface area is 138 Å². The number of allylic oxidation sites excluding steroid dienone is 1. The van der Waals surface area contributed by atoms with Crippen molar-refractivity contribution < 1.29 is 14.7 Å². The van der Waals surface area contributed by atoms with Crippen LogP contribution in [-0.4, -0.2) is 16.7 Å². The molecule has 124 valence electrons. The molecule has 0 bridgehead atoms. The van der Waals surface area contributed by atoms with Crippen molar-refractivity contribution in [2.45, 2.75) is 64.7 Å². The summed E-state index contributed by atoms with van der Waals surface area (Å²) in [6.45, 7) is 2.21. The number of carbonyl (C=O) groups excluding carboxylic acids is 2. The van der Waals surface area contributed by atoms with Crippen molar-refractivity contribution in [2.75, 3.05) is 0 Å². The topological polar surface area (TPSA) is 54.4 Å². The molecule has 0 atom stereocenters. The van der Waals surface area contributed by atoms with Gasteiger partial charge in [0.05, 0.1) is 0 Å². The van der Waals surface area contributed by atoms with E-state index in [1.165, 1.54) is 32.1 Å². The van der Waals surface area contributed by atoms with E-state index in [1.54, 1.807) is 24.3 Å². The highest BCUT2D eigenvalue weighted by Crippen LogP contribution is 2.30. The summed E-state index contributed by atoms with van der Waals surface area (Å²) in [5.41, 5.74) is 1.10. The fraction of sp³-hybridized carbons (Fsp3) is 0.500. The number of fused-ring (bicyclic) bond motifs is 1. The van der Waals surface area contributed by atoms with Crippen molar-refractivity contribution in [3.05, 3.63) is 41.0 Å². The molecule has 1 aliphatic rings. The summed E-state index contributed by atoms with van der Waals surface area (Å²) < 4.78 is 0. The SMILES string of the molecule is CCCCCCCCCCC1=C(O)c2ccccc2C(=O)C1=O. The van der Waals surface area contributed by atoms with E-state index in [2.05, 4.69) is 6.92 Å². The van der Waals surface area contributed by atoms with Crippen LogP contribution in [0.2, 0.25) is 0 Å². The van der Waals surface area contributed by atoms with E-state index >= 15 is 0 Å². The van der Waals surface area contributed by atoms with E-state index in [0.29, 0.717) is 23.1 Å². The first-order chi connectivity index (χ1) is 11.2. The monoisotopic (exact) mass is 314 g/mol. The number of carbonyl (C=O) groups is 2. The smallest absolute Gasteiger partial charge is 0.234 e. The highest BCUT2D eigenvalue weighted by Gasteiger charge is 2.31. The van der Waals surface area contributed by atoms with Crippen molar-refractivity contribution in [3.8, 4) is 0 Å². The lowest BCUT2D eigenvalue weighted by Crippen LogP contribution is -2.24. The van der Waals surface area contributed by atoms with E-state index in [1.807, 2.05) is 0 Å². The maximum absolute atomic E-state index is 12.2. The number of aliphatic hydroxyl groups is 1. The lowest BCUT2D eigenvalue weighted by molar-refractivity contribution is -0.112. The van der Waals surface area contributed by atoms with Gasteiger partial charge in [-0.3, -0.25) is 9.59 Å². The second kappa shape index (κ2) is 8.66.